The number of fused-ring (bicyclic) bond motifs is 7. The van der Waals surface area contributed by atoms with Gasteiger partial charge in [0.05, 0.1) is 24.7 Å². The van der Waals surface area contributed by atoms with Gasteiger partial charge in [0.1, 0.15) is 48.8 Å². The van der Waals surface area contributed by atoms with Crippen LogP contribution in [-0.4, -0.2) is 133 Å². The van der Waals surface area contributed by atoms with Gasteiger partial charge in [-0.2, -0.15) is 0 Å². The Morgan fingerprint density at radius 1 is 0.732 bits per heavy atom. The first-order valence-corrected chi connectivity index (χ1v) is 20.8. The zero-order chi connectivity index (χ0) is 41.1. The van der Waals surface area contributed by atoms with Crippen LogP contribution < -0.4 is 0 Å². The van der Waals surface area contributed by atoms with Crippen LogP contribution in [0.25, 0.3) is 0 Å². The van der Waals surface area contributed by atoms with E-state index in [9.17, 15) is 45.6 Å². The van der Waals surface area contributed by atoms with Crippen LogP contribution in [0, 0.1) is 50.2 Å². The number of rotatable bonds is 6. The molecule has 8 N–H and O–H groups in total. The molecule has 5 aliphatic carbocycles. The predicted molar refractivity (Wildman–Crippen MR) is 198 cm³/mol. The average Bonchev–Trinajstić information content (AvgIpc) is 3.13. The van der Waals surface area contributed by atoms with Crippen molar-refractivity contribution in [2.24, 2.45) is 50.2 Å². The second-order valence-electron chi connectivity index (χ2n) is 20.6. The lowest BCUT2D eigenvalue weighted by Gasteiger charge is -2.70. The molecule has 7 rings (SSSR count). The molecular weight excluding hydrogens is 728 g/mol. The molecule has 14 nitrogen and oxygen atoms in total. The highest BCUT2D eigenvalue weighted by atomic mass is 16.7. The number of aliphatic hydroxyl groups is 8. The summed E-state index contributed by atoms with van der Waals surface area (Å²) in [6.45, 7) is 14.2. The summed E-state index contributed by atoms with van der Waals surface area (Å²) in [6.07, 6.45) is -7.37. The Morgan fingerprint density at radius 3 is 1.91 bits per heavy atom. The molecule has 0 amide bonds. The van der Waals surface area contributed by atoms with E-state index in [0.717, 1.165) is 24.8 Å². The Labute approximate surface area is 329 Å². The van der Waals surface area contributed by atoms with E-state index in [4.69, 9.17) is 18.9 Å². The predicted octanol–water partition coefficient (Wildman–Crippen LogP) is 1.50. The van der Waals surface area contributed by atoms with Crippen molar-refractivity contribution >= 4 is 11.8 Å². The average molecular weight is 795 g/mol. The van der Waals surface area contributed by atoms with E-state index in [-0.39, 0.29) is 29.0 Å². The highest BCUT2D eigenvalue weighted by Gasteiger charge is 2.72. The molecule has 2 aliphatic heterocycles. The largest absolute Gasteiger partial charge is 0.432 e. The number of carbonyl (C=O) groups excluding carboxylic acids is 2. The van der Waals surface area contributed by atoms with Crippen LogP contribution >= 0.6 is 0 Å². The number of hydrogen-bond acceptors (Lipinski definition) is 14. The van der Waals surface area contributed by atoms with Gasteiger partial charge in [0.15, 0.2) is 12.1 Å². The van der Waals surface area contributed by atoms with Gasteiger partial charge in [0.25, 0.3) is 0 Å². The molecule has 14 heteroatoms. The number of ketones is 1. The molecule has 4 saturated carbocycles. The molecule has 56 heavy (non-hydrogen) atoms. The third-order valence-corrected chi connectivity index (χ3v) is 16.9. The second kappa shape index (κ2) is 14.3. The zero-order valence-electron chi connectivity index (χ0n) is 34.0. The van der Waals surface area contributed by atoms with Crippen LogP contribution in [0.3, 0.4) is 0 Å². The Morgan fingerprint density at radius 2 is 1.30 bits per heavy atom. The Balaban J connectivity index is 1.18. The second-order valence-corrected chi connectivity index (χ2v) is 20.6. The number of aliphatic hydroxyl groups excluding tert-OH is 8. The standard InChI is InChI=1S/C42H66O14/c1-37(2)12-14-42(36(52)56-35-32(51)30(49)28(47)24(19-44)54-35)15-13-40(6)20(21(42)17-37)16-22(45)33-39(5)10-9-26(38(3,4)25(39)8-11-41(33,40)7)55-34-31(50)29(48)27(46)23(18-43)53-34/h16,21,23-35,43-44,46-51H,8-15,17-19H2,1-7H3. The van der Waals surface area contributed by atoms with Crippen molar-refractivity contribution in [1.29, 1.82) is 0 Å². The van der Waals surface area contributed by atoms with Gasteiger partial charge in [-0.1, -0.05) is 54.0 Å². The fourth-order valence-corrected chi connectivity index (χ4v) is 13.4. The highest BCUT2D eigenvalue weighted by molar-refractivity contribution is 5.96. The van der Waals surface area contributed by atoms with Crippen LogP contribution in [0.4, 0.5) is 0 Å². The third kappa shape index (κ3) is 6.13. The Hall–Kier alpha value is -1.56. The summed E-state index contributed by atoms with van der Waals surface area (Å²) in [5.41, 5.74) is -1.95. The Kier molecular flexibility index (Phi) is 10.9. The van der Waals surface area contributed by atoms with E-state index in [1.165, 1.54) is 0 Å². The topological polar surface area (TPSA) is 233 Å². The van der Waals surface area contributed by atoms with E-state index in [1.54, 1.807) is 0 Å². The van der Waals surface area contributed by atoms with Crippen molar-refractivity contribution in [2.75, 3.05) is 13.2 Å². The molecule has 2 saturated heterocycles. The minimum absolute atomic E-state index is 0.0454. The lowest BCUT2D eigenvalue weighted by molar-refractivity contribution is -0.329. The summed E-state index contributed by atoms with van der Waals surface area (Å²) >= 11 is 0. The minimum atomic E-state index is -1.71. The summed E-state index contributed by atoms with van der Waals surface area (Å²) in [7, 11) is 0. The number of hydrogen-bond donors (Lipinski definition) is 8. The molecule has 6 fully saturated rings. The maximum absolute atomic E-state index is 15.0. The SMILES string of the molecule is CC1(C)CCC2(C(=O)OC3OC(CO)C(O)C(O)C3O)CCC3(C)C(=CC(=O)C4C5(C)CCC(OC6OC(CO)C(O)C(O)C6O)C(C)(C)C5CCC43C)C2C1. The summed E-state index contributed by atoms with van der Waals surface area (Å²) < 4.78 is 23.7. The first-order chi connectivity index (χ1) is 26.0. The fraction of sp³-hybridized carbons (Fsp3) is 0.905. The van der Waals surface area contributed by atoms with Crippen molar-refractivity contribution in [2.45, 2.75) is 174 Å². The summed E-state index contributed by atoms with van der Waals surface area (Å²) in [5, 5.41) is 82.6. The molecule has 2 heterocycles. The molecule has 0 spiro atoms. The van der Waals surface area contributed by atoms with E-state index in [0.29, 0.717) is 38.5 Å². The van der Waals surface area contributed by atoms with Gasteiger partial charge in [-0.15, -0.1) is 0 Å². The minimum Gasteiger partial charge on any atom is -0.432 e. The van der Waals surface area contributed by atoms with E-state index >= 15 is 4.79 Å². The van der Waals surface area contributed by atoms with Crippen molar-refractivity contribution in [1.82, 2.24) is 0 Å². The van der Waals surface area contributed by atoms with Crippen LogP contribution in [0.1, 0.15) is 106 Å². The normalized spacial score (nSPS) is 52.4. The van der Waals surface area contributed by atoms with E-state index in [2.05, 4.69) is 48.5 Å². The molecular formula is C42H66O14. The van der Waals surface area contributed by atoms with Crippen molar-refractivity contribution < 1.29 is 69.4 Å². The van der Waals surface area contributed by atoms with Gasteiger partial charge in [-0.25, -0.2) is 0 Å². The van der Waals surface area contributed by atoms with Crippen LogP contribution in [0.2, 0.25) is 0 Å². The number of esters is 1. The maximum atomic E-state index is 15.0. The molecule has 0 aromatic rings. The van der Waals surface area contributed by atoms with Crippen LogP contribution in [-0.2, 0) is 28.5 Å². The quantitative estimate of drug-likeness (QED) is 0.141. The first kappa shape index (κ1) is 42.6. The zero-order valence-corrected chi connectivity index (χ0v) is 34.0. The summed E-state index contributed by atoms with van der Waals surface area (Å²) in [4.78, 5) is 29.6. The van der Waals surface area contributed by atoms with Crippen LogP contribution in [0.15, 0.2) is 11.6 Å². The molecule has 0 bridgehead atoms. The smallest absolute Gasteiger partial charge is 0.315 e. The molecule has 18 atom stereocenters. The van der Waals surface area contributed by atoms with Gasteiger partial charge >= 0.3 is 5.97 Å². The van der Waals surface area contributed by atoms with Gasteiger partial charge in [0, 0.05) is 5.92 Å². The maximum Gasteiger partial charge on any atom is 0.315 e. The lowest BCUT2D eigenvalue weighted by atomic mass is 9.33. The fourth-order valence-electron chi connectivity index (χ4n) is 13.4. The lowest BCUT2D eigenvalue weighted by Crippen LogP contribution is -2.68. The molecule has 18 unspecified atom stereocenters. The third-order valence-electron chi connectivity index (χ3n) is 16.9. The monoisotopic (exact) mass is 794 g/mol. The van der Waals surface area contributed by atoms with Gasteiger partial charge < -0.3 is 59.8 Å². The molecule has 7 aliphatic rings. The van der Waals surface area contributed by atoms with Gasteiger partial charge in [-0.05, 0) is 103 Å². The molecule has 0 aromatic heterocycles. The summed E-state index contributed by atoms with van der Waals surface area (Å²) in [5.74, 6) is -1.11. The van der Waals surface area contributed by atoms with Gasteiger partial charge in [-0.3, -0.25) is 9.59 Å². The van der Waals surface area contributed by atoms with E-state index < -0.39 is 114 Å². The van der Waals surface area contributed by atoms with Crippen LogP contribution in [0.5, 0.6) is 0 Å². The van der Waals surface area contributed by atoms with E-state index in [1.807, 2.05) is 6.08 Å². The summed E-state index contributed by atoms with van der Waals surface area (Å²) in [6, 6.07) is 0. The number of carbonyl (C=O) groups is 2. The molecule has 0 aromatic carbocycles. The molecule has 318 valence electrons. The Bertz CT molecular complexity index is 1560. The van der Waals surface area contributed by atoms with Gasteiger partial charge in [0.2, 0.25) is 6.29 Å². The van der Waals surface area contributed by atoms with Crippen molar-refractivity contribution in [3.63, 3.8) is 0 Å². The molecule has 0 radical (unpaired) electrons. The van der Waals surface area contributed by atoms with Crippen molar-refractivity contribution in [3.05, 3.63) is 11.6 Å². The first-order valence-electron chi connectivity index (χ1n) is 20.8. The van der Waals surface area contributed by atoms with Crippen molar-refractivity contribution in [3.8, 4) is 0 Å². The number of allylic oxidation sites excluding steroid dienone is 2. The highest BCUT2D eigenvalue weighted by Crippen LogP contribution is 2.75. The number of ether oxygens (including phenoxy) is 4.